The number of benzene rings is 2. The van der Waals surface area contributed by atoms with Crippen molar-refractivity contribution in [2.24, 2.45) is 0 Å². The number of amides is 1. The van der Waals surface area contributed by atoms with Gasteiger partial charge < -0.3 is 9.80 Å². The van der Waals surface area contributed by atoms with E-state index < -0.39 is 0 Å². The SMILES string of the molecule is CCC[C@@H](C)c1nc(N2CCCN(C(=O)c3ccccc3)CC2)c2cnn(-c3ccccc3)c2n1. The second-order valence-electron chi connectivity index (χ2n) is 9.22. The van der Waals surface area contributed by atoms with Crippen molar-refractivity contribution in [2.45, 2.75) is 39.0 Å². The molecule has 1 aliphatic rings. The van der Waals surface area contributed by atoms with Crippen LogP contribution in [0.5, 0.6) is 0 Å². The van der Waals surface area contributed by atoms with Gasteiger partial charge in [0.15, 0.2) is 5.65 Å². The van der Waals surface area contributed by atoms with E-state index in [-0.39, 0.29) is 11.8 Å². The fourth-order valence-electron chi connectivity index (χ4n) is 4.79. The van der Waals surface area contributed by atoms with Gasteiger partial charge in [0.2, 0.25) is 0 Å². The number of carbonyl (C=O) groups excluding carboxylic acids is 1. The number of nitrogens with zero attached hydrogens (tertiary/aromatic N) is 6. The molecule has 0 N–H and O–H groups in total. The van der Waals surface area contributed by atoms with Gasteiger partial charge in [-0.3, -0.25) is 4.79 Å². The predicted octanol–water partition coefficient (Wildman–Crippen LogP) is 5.07. The van der Waals surface area contributed by atoms with Crippen LogP contribution in [-0.4, -0.2) is 56.7 Å². The number of hydrogen-bond acceptors (Lipinski definition) is 5. The van der Waals surface area contributed by atoms with Crippen LogP contribution in [0.1, 0.15) is 55.2 Å². The highest BCUT2D eigenvalue weighted by Crippen LogP contribution is 2.29. The Bertz CT molecular complexity index is 1290. The monoisotopic (exact) mass is 468 g/mol. The molecule has 180 valence electrons. The number of anilines is 1. The lowest BCUT2D eigenvalue weighted by Gasteiger charge is -2.24. The standard InChI is InChI=1S/C28H32N6O/c1-3-11-21(2)25-30-26(24-20-29-34(27(24)31-25)23-14-8-5-9-15-23)32-16-10-17-33(19-18-32)28(35)22-12-6-4-7-13-22/h4-9,12-15,20-21H,3,10-11,16-19H2,1-2H3/t21-/m1/s1. The Morgan fingerprint density at radius 3 is 2.43 bits per heavy atom. The van der Waals surface area contributed by atoms with Crippen LogP contribution >= 0.6 is 0 Å². The highest BCUT2D eigenvalue weighted by atomic mass is 16.2. The molecule has 0 saturated carbocycles. The Hall–Kier alpha value is -3.74. The summed E-state index contributed by atoms with van der Waals surface area (Å²) in [6, 6.07) is 19.7. The normalized spacial score (nSPS) is 15.3. The zero-order valence-electron chi connectivity index (χ0n) is 20.5. The Balaban J connectivity index is 1.49. The average molecular weight is 469 g/mol. The molecule has 5 rings (SSSR count). The summed E-state index contributed by atoms with van der Waals surface area (Å²) in [5, 5.41) is 5.65. The maximum Gasteiger partial charge on any atom is 0.253 e. The van der Waals surface area contributed by atoms with Gasteiger partial charge in [0, 0.05) is 37.7 Å². The van der Waals surface area contributed by atoms with Crippen molar-refractivity contribution in [1.82, 2.24) is 24.6 Å². The molecule has 1 saturated heterocycles. The summed E-state index contributed by atoms with van der Waals surface area (Å²) < 4.78 is 1.91. The first kappa shape index (κ1) is 23.0. The van der Waals surface area contributed by atoms with Crippen LogP contribution in [0.25, 0.3) is 16.7 Å². The molecule has 4 aromatic rings. The number of hydrogen-bond donors (Lipinski definition) is 0. The van der Waals surface area contributed by atoms with E-state index >= 15 is 0 Å². The number of aromatic nitrogens is 4. The molecule has 1 fully saturated rings. The van der Waals surface area contributed by atoms with E-state index in [1.807, 2.05) is 76.4 Å². The summed E-state index contributed by atoms with van der Waals surface area (Å²) in [5.74, 6) is 2.12. The van der Waals surface area contributed by atoms with Crippen molar-refractivity contribution in [2.75, 3.05) is 31.1 Å². The Kier molecular flexibility index (Phi) is 6.75. The minimum absolute atomic E-state index is 0.0921. The second-order valence-corrected chi connectivity index (χ2v) is 9.22. The maximum absolute atomic E-state index is 13.1. The third-order valence-corrected chi connectivity index (χ3v) is 6.69. The highest BCUT2D eigenvalue weighted by Gasteiger charge is 2.25. The van der Waals surface area contributed by atoms with Crippen LogP contribution in [-0.2, 0) is 0 Å². The molecule has 7 heteroatoms. The average Bonchev–Trinajstić information content (AvgIpc) is 3.18. The van der Waals surface area contributed by atoms with Crippen molar-refractivity contribution < 1.29 is 4.79 Å². The molecule has 0 spiro atoms. The first-order valence-corrected chi connectivity index (χ1v) is 12.6. The fourth-order valence-corrected chi connectivity index (χ4v) is 4.79. The summed E-state index contributed by atoms with van der Waals surface area (Å²) in [6.07, 6.45) is 4.88. The second kappa shape index (κ2) is 10.3. The fraction of sp³-hybridized carbons (Fsp3) is 0.357. The quantitative estimate of drug-likeness (QED) is 0.395. The van der Waals surface area contributed by atoms with Crippen molar-refractivity contribution in [3.8, 4) is 5.69 Å². The van der Waals surface area contributed by atoms with Crippen molar-refractivity contribution in [3.63, 3.8) is 0 Å². The maximum atomic E-state index is 13.1. The molecule has 7 nitrogen and oxygen atoms in total. The third-order valence-electron chi connectivity index (χ3n) is 6.69. The zero-order valence-corrected chi connectivity index (χ0v) is 20.5. The minimum atomic E-state index is 0.0921. The lowest BCUT2D eigenvalue weighted by atomic mass is 10.1. The first-order valence-electron chi connectivity index (χ1n) is 12.6. The van der Waals surface area contributed by atoms with Gasteiger partial charge >= 0.3 is 0 Å². The molecule has 0 unspecified atom stereocenters. The van der Waals surface area contributed by atoms with E-state index in [0.717, 1.165) is 72.8 Å². The van der Waals surface area contributed by atoms with Crippen LogP contribution < -0.4 is 4.90 Å². The van der Waals surface area contributed by atoms with Gasteiger partial charge in [-0.25, -0.2) is 14.6 Å². The molecule has 0 radical (unpaired) electrons. The van der Waals surface area contributed by atoms with E-state index in [2.05, 4.69) is 18.7 Å². The Morgan fingerprint density at radius 1 is 0.943 bits per heavy atom. The molecule has 3 heterocycles. The zero-order chi connectivity index (χ0) is 24.2. The van der Waals surface area contributed by atoms with Gasteiger partial charge in [0.1, 0.15) is 11.6 Å². The van der Waals surface area contributed by atoms with Crippen LogP contribution in [0.2, 0.25) is 0 Å². The number of rotatable bonds is 6. The molecule has 1 aliphatic heterocycles. The van der Waals surface area contributed by atoms with Crippen LogP contribution in [0.15, 0.2) is 66.9 Å². The van der Waals surface area contributed by atoms with E-state index in [0.29, 0.717) is 6.54 Å². The summed E-state index contributed by atoms with van der Waals surface area (Å²) in [4.78, 5) is 27.4. The van der Waals surface area contributed by atoms with Gasteiger partial charge in [-0.15, -0.1) is 0 Å². The summed E-state index contributed by atoms with van der Waals surface area (Å²) in [6.45, 7) is 7.34. The number of carbonyl (C=O) groups is 1. The Labute approximate surface area is 206 Å². The van der Waals surface area contributed by atoms with E-state index in [1.165, 1.54) is 0 Å². The van der Waals surface area contributed by atoms with Gasteiger partial charge in [0.25, 0.3) is 5.91 Å². The molecular weight excluding hydrogens is 436 g/mol. The minimum Gasteiger partial charge on any atom is -0.354 e. The Morgan fingerprint density at radius 2 is 1.69 bits per heavy atom. The van der Waals surface area contributed by atoms with E-state index in [1.54, 1.807) is 0 Å². The van der Waals surface area contributed by atoms with Gasteiger partial charge in [-0.05, 0) is 37.1 Å². The smallest absolute Gasteiger partial charge is 0.253 e. The van der Waals surface area contributed by atoms with E-state index in [9.17, 15) is 4.79 Å². The van der Waals surface area contributed by atoms with Crippen LogP contribution in [0, 0.1) is 0 Å². The van der Waals surface area contributed by atoms with Gasteiger partial charge in [-0.2, -0.15) is 5.10 Å². The lowest BCUT2D eigenvalue weighted by molar-refractivity contribution is 0.0767. The lowest BCUT2D eigenvalue weighted by Crippen LogP contribution is -2.35. The highest BCUT2D eigenvalue weighted by molar-refractivity contribution is 5.94. The third kappa shape index (κ3) is 4.76. The molecular formula is C28H32N6O. The van der Waals surface area contributed by atoms with Crippen LogP contribution in [0.4, 0.5) is 5.82 Å². The summed E-state index contributed by atoms with van der Waals surface area (Å²) in [7, 11) is 0. The predicted molar refractivity (Wildman–Crippen MR) is 139 cm³/mol. The number of para-hydroxylation sites is 1. The van der Waals surface area contributed by atoms with Crippen molar-refractivity contribution >= 4 is 22.8 Å². The molecule has 1 amide bonds. The molecule has 2 aromatic heterocycles. The van der Waals surface area contributed by atoms with Crippen LogP contribution in [0.3, 0.4) is 0 Å². The molecule has 0 aliphatic carbocycles. The molecule has 2 aromatic carbocycles. The first-order chi connectivity index (χ1) is 17.2. The number of fused-ring (bicyclic) bond motifs is 1. The summed E-state index contributed by atoms with van der Waals surface area (Å²) in [5.41, 5.74) is 2.56. The largest absolute Gasteiger partial charge is 0.354 e. The van der Waals surface area contributed by atoms with Crippen molar-refractivity contribution in [3.05, 3.63) is 78.2 Å². The topological polar surface area (TPSA) is 67.2 Å². The molecule has 35 heavy (non-hydrogen) atoms. The van der Waals surface area contributed by atoms with E-state index in [4.69, 9.17) is 15.1 Å². The summed E-state index contributed by atoms with van der Waals surface area (Å²) >= 11 is 0. The van der Waals surface area contributed by atoms with Gasteiger partial charge in [0.05, 0.1) is 17.3 Å². The van der Waals surface area contributed by atoms with Crippen molar-refractivity contribution in [1.29, 1.82) is 0 Å². The van der Waals surface area contributed by atoms with Gasteiger partial charge in [-0.1, -0.05) is 56.7 Å². The molecule has 1 atom stereocenters. The molecule has 0 bridgehead atoms.